The average molecular weight is 352 g/mol. The van der Waals surface area contributed by atoms with Crippen molar-refractivity contribution in [3.8, 4) is 0 Å². The Bertz CT molecular complexity index is 654. The van der Waals surface area contributed by atoms with Gasteiger partial charge >= 0.3 is 6.09 Å². The van der Waals surface area contributed by atoms with Gasteiger partial charge in [0.15, 0.2) is 9.84 Å². The molecule has 1 N–H and O–H groups in total. The van der Waals surface area contributed by atoms with Gasteiger partial charge in [-0.2, -0.15) is 0 Å². The number of likely N-dealkylation sites (tertiary alicyclic amines) is 1. The van der Waals surface area contributed by atoms with Gasteiger partial charge in [-0.05, 0) is 24.8 Å². The van der Waals surface area contributed by atoms with Gasteiger partial charge in [0.05, 0.1) is 11.5 Å². The van der Waals surface area contributed by atoms with Crippen molar-refractivity contribution in [2.24, 2.45) is 0 Å². The van der Waals surface area contributed by atoms with Crippen molar-refractivity contribution < 1.29 is 17.9 Å². The zero-order valence-corrected chi connectivity index (χ0v) is 14.5. The second kappa shape index (κ2) is 7.53. The molecule has 0 spiro atoms. The third-order valence-corrected chi connectivity index (χ3v) is 6.54. The number of benzene rings is 1. The van der Waals surface area contributed by atoms with Crippen molar-refractivity contribution >= 4 is 15.9 Å². The monoisotopic (exact) mass is 352 g/mol. The summed E-state index contributed by atoms with van der Waals surface area (Å²) in [5.74, 6) is 0.589. The highest BCUT2D eigenvalue weighted by Gasteiger charge is 2.34. The van der Waals surface area contributed by atoms with Crippen LogP contribution in [0.1, 0.15) is 24.8 Å². The van der Waals surface area contributed by atoms with Crippen molar-refractivity contribution in [1.29, 1.82) is 0 Å². The molecule has 2 heterocycles. The summed E-state index contributed by atoms with van der Waals surface area (Å²) in [6.45, 7) is 1.92. The van der Waals surface area contributed by atoms with Crippen LogP contribution in [0.3, 0.4) is 0 Å². The Labute approximate surface area is 143 Å². The molecule has 2 fully saturated rings. The molecule has 1 aromatic rings. The number of carbonyl (C=O) groups excluding carboxylic acids is 1. The molecule has 0 bridgehead atoms. The van der Waals surface area contributed by atoms with E-state index in [4.69, 9.17) is 4.74 Å². The molecule has 0 aliphatic carbocycles. The van der Waals surface area contributed by atoms with E-state index >= 15 is 0 Å². The number of rotatable bonds is 4. The summed E-state index contributed by atoms with van der Waals surface area (Å²) in [5.41, 5.74) is 0.963. The molecule has 0 radical (unpaired) electrons. The molecule has 1 aromatic carbocycles. The van der Waals surface area contributed by atoms with Crippen LogP contribution in [-0.4, -0.2) is 56.1 Å². The lowest BCUT2D eigenvalue weighted by Gasteiger charge is -2.35. The van der Waals surface area contributed by atoms with E-state index in [1.807, 2.05) is 30.3 Å². The fraction of sp³-hybridized carbons (Fsp3) is 0.588. The molecule has 0 aromatic heterocycles. The number of amides is 1. The predicted molar refractivity (Wildman–Crippen MR) is 91.4 cm³/mol. The van der Waals surface area contributed by atoms with Gasteiger partial charge in [-0.3, -0.25) is 4.90 Å². The van der Waals surface area contributed by atoms with E-state index < -0.39 is 9.84 Å². The van der Waals surface area contributed by atoms with E-state index in [1.54, 1.807) is 0 Å². The van der Waals surface area contributed by atoms with Crippen LogP contribution >= 0.6 is 0 Å². The summed E-state index contributed by atoms with van der Waals surface area (Å²) in [5, 5.41) is 2.91. The van der Waals surface area contributed by atoms with Gasteiger partial charge in [-0.25, -0.2) is 13.2 Å². The van der Waals surface area contributed by atoms with Crippen molar-refractivity contribution in [3.05, 3.63) is 35.9 Å². The maximum atomic E-state index is 11.9. The SMILES string of the molecule is O=C(NC1CCN([C@H]2CCS(=O)(=O)C2)CC1)OCc1ccccc1. The van der Waals surface area contributed by atoms with E-state index in [9.17, 15) is 13.2 Å². The molecular weight excluding hydrogens is 328 g/mol. The number of piperidine rings is 1. The number of nitrogens with zero attached hydrogens (tertiary/aromatic N) is 1. The lowest BCUT2D eigenvalue weighted by molar-refractivity contribution is 0.119. The van der Waals surface area contributed by atoms with Gasteiger partial charge in [0.25, 0.3) is 0 Å². The number of sulfone groups is 1. The summed E-state index contributed by atoms with van der Waals surface area (Å²) in [4.78, 5) is 14.1. The van der Waals surface area contributed by atoms with Crippen molar-refractivity contribution in [3.63, 3.8) is 0 Å². The molecule has 0 saturated carbocycles. The van der Waals surface area contributed by atoms with Gasteiger partial charge in [-0.15, -0.1) is 0 Å². The van der Waals surface area contributed by atoms with Gasteiger partial charge in [0.1, 0.15) is 6.61 Å². The molecule has 2 saturated heterocycles. The molecule has 2 aliphatic heterocycles. The standard InChI is InChI=1S/C17H24N2O4S/c20-17(23-12-14-4-2-1-3-5-14)18-15-6-9-19(10-7-15)16-8-11-24(21,22)13-16/h1-5,15-16H,6-13H2,(H,18,20)/t16-/m0/s1. The Kier molecular flexibility index (Phi) is 5.40. The molecule has 6 nitrogen and oxygen atoms in total. The molecule has 1 amide bonds. The third kappa shape index (κ3) is 4.70. The summed E-state index contributed by atoms with van der Waals surface area (Å²) in [6.07, 6.45) is 2.01. The number of nitrogens with one attached hydrogen (secondary N) is 1. The number of hydrogen-bond acceptors (Lipinski definition) is 5. The zero-order chi connectivity index (χ0) is 17.0. The molecule has 3 rings (SSSR count). The molecule has 1 atom stereocenters. The quantitative estimate of drug-likeness (QED) is 0.890. The van der Waals surface area contributed by atoms with Crippen LogP contribution < -0.4 is 5.32 Å². The minimum atomic E-state index is -2.84. The fourth-order valence-electron chi connectivity index (χ4n) is 3.40. The second-order valence-electron chi connectivity index (χ2n) is 6.57. The topological polar surface area (TPSA) is 75.7 Å². The number of hydrogen-bond donors (Lipinski definition) is 1. The molecule has 24 heavy (non-hydrogen) atoms. The summed E-state index contributed by atoms with van der Waals surface area (Å²) >= 11 is 0. The molecular formula is C17H24N2O4S. The lowest BCUT2D eigenvalue weighted by atomic mass is 10.0. The molecule has 0 unspecified atom stereocenters. The first-order chi connectivity index (χ1) is 11.5. The van der Waals surface area contributed by atoms with E-state index in [0.29, 0.717) is 5.75 Å². The maximum absolute atomic E-state index is 11.9. The van der Waals surface area contributed by atoms with Gasteiger partial charge < -0.3 is 10.1 Å². The summed E-state index contributed by atoms with van der Waals surface area (Å²) in [7, 11) is -2.84. The summed E-state index contributed by atoms with van der Waals surface area (Å²) in [6, 6.07) is 9.84. The Morgan fingerprint density at radius 1 is 1.17 bits per heavy atom. The highest BCUT2D eigenvalue weighted by Crippen LogP contribution is 2.21. The normalized spacial score (nSPS) is 24.6. The van der Waals surface area contributed by atoms with Crippen LogP contribution in [0.4, 0.5) is 4.79 Å². The minimum Gasteiger partial charge on any atom is -0.445 e. The Hall–Kier alpha value is -1.60. The van der Waals surface area contributed by atoms with Crippen LogP contribution in [0.5, 0.6) is 0 Å². The van der Waals surface area contributed by atoms with Crippen LogP contribution in [-0.2, 0) is 21.2 Å². The van der Waals surface area contributed by atoms with Crippen molar-refractivity contribution in [1.82, 2.24) is 10.2 Å². The number of ether oxygens (including phenoxy) is 1. The van der Waals surface area contributed by atoms with Crippen molar-refractivity contribution in [2.45, 2.75) is 38.0 Å². The number of alkyl carbamates (subject to hydrolysis) is 1. The second-order valence-corrected chi connectivity index (χ2v) is 8.80. The smallest absolute Gasteiger partial charge is 0.407 e. The predicted octanol–water partition coefficient (Wildman–Crippen LogP) is 1.56. The first kappa shape index (κ1) is 17.2. The van der Waals surface area contributed by atoms with Crippen LogP contribution in [0.2, 0.25) is 0 Å². The van der Waals surface area contributed by atoms with Crippen LogP contribution in [0, 0.1) is 0 Å². The highest BCUT2D eigenvalue weighted by molar-refractivity contribution is 7.91. The molecule has 132 valence electrons. The minimum absolute atomic E-state index is 0.0996. The third-order valence-electron chi connectivity index (χ3n) is 4.79. The molecule has 7 heteroatoms. The average Bonchev–Trinajstić information content (AvgIpc) is 2.95. The first-order valence-corrected chi connectivity index (χ1v) is 10.3. The Balaban J connectivity index is 1.38. The molecule has 2 aliphatic rings. The lowest BCUT2D eigenvalue weighted by Crippen LogP contribution is -2.48. The first-order valence-electron chi connectivity index (χ1n) is 8.43. The van der Waals surface area contributed by atoms with Crippen LogP contribution in [0.15, 0.2) is 30.3 Å². The van der Waals surface area contributed by atoms with Gasteiger partial charge in [0, 0.05) is 25.2 Å². The summed E-state index contributed by atoms with van der Waals surface area (Å²) < 4.78 is 28.4. The number of carbonyl (C=O) groups is 1. The van der Waals surface area contributed by atoms with Crippen LogP contribution in [0.25, 0.3) is 0 Å². The maximum Gasteiger partial charge on any atom is 0.407 e. The van der Waals surface area contributed by atoms with Gasteiger partial charge in [0.2, 0.25) is 0 Å². The van der Waals surface area contributed by atoms with Crippen molar-refractivity contribution in [2.75, 3.05) is 24.6 Å². The Morgan fingerprint density at radius 3 is 2.50 bits per heavy atom. The van der Waals surface area contributed by atoms with E-state index in [1.165, 1.54) is 0 Å². The van der Waals surface area contributed by atoms with E-state index in [2.05, 4.69) is 10.2 Å². The fourth-order valence-corrected chi connectivity index (χ4v) is 5.17. The largest absolute Gasteiger partial charge is 0.445 e. The van der Waals surface area contributed by atoms with Gasteiger partial charge in [-0.1, -0.05) is 30.3 Å². The zero-order valence-electron chi connectivity index (χ0n) is 13.7. The van der Waals surface area contributed by atoms with E-state index in [0.717, 1.165) is 37.9 Å². The Morgan fingerprint density at radius 2 is 1.88 bits per heavy atom. The van der Waals surface area contributed by atoms with E-state index in [-0.39, 0.29) is 30.5 Å². The highest BCUT2D eigenvalue weighted by atomic mass is 32.2.